The van der Waals surface area contributed by atoms with Crippen molar-refractivity contribution < 1.29 is 4.79 Å². The Hall–Kier alpha value is -2.70. The summed E-state index contributed by atoms with van der Waals surface area (Å²) in [5.41, 5.74) is 2.41. The number of amides is 1. The fraction of sp³-hybridized carbons (Fsp3) is 0. The van der Waals surface area contributed by atoms with Crippen LogP contribution in [0.1, 0.15) is 10.4 Å². The number of fused-ring (bicyclic) bond motifs is 1. The van der Waals surface area contributed by atoms with E-state index in [0.29, 0.717) is 15.7 Å². The van der Waals surface area contributed by atoms with E-state index < -0.39 is 0 Å². The van der Waals surface area contributed by atoms with Crippen LogP contribution in [0.3, 0.4) is 0 Å². The molecule has 0 spiro atoms. The lowest BCUT2D eigenvalue weighted by Gasteiger charge is -2.00. The molecule has 0 saturated heterocycles. The summed E-state index contributed by atoms with van der Waals surface area (Å²) in [6.07, 6.45) is 1.85. The maximum absolute atomic E-state index is 12.2. The van der Waals surface area contributed by atoms with E-state index >= 15 is 0 Å². The molecule has 0 aliphatic heterocycles. The van der Waals surface area contributed by atoms with Crippen molar-refractivity contribution in [3.8, 4) is 11.3 Å². The molecule has 7 heteroatoms. The molecule has 4 aromatic rings. The number of imidazole rings is 1. The highest BCUT2D eigenvalue weighted by molar-refractivity contribution is 7.20. The number of rotatable bonds is 3. The monoisotopic (exact) mass is 354 g/mol. The minimum atomic E-state index is -0.230. The molecule has 4 rings (SSSR count). The van der Waals surface area contributed by atoms with E-state index in [-0.39, 0.29) is 5.91 Å². The molecule has 0 unspecified atom stereocenters. The van der Waals surface area contributed by atoms with Crippen molar-refractivity contribution in [2.75, 3.05) is 5.32 Å². The van der Waals surface area contributed by atoms with Crippen molar-refractivity contribution in [2.24, 2.45) is 0 Å². The van der Waals surface area contributed by atoms with Crippen molar-refractivity contribution in [1.82, 2.24) is 14.6 Å². The molecule has 0 bridgehead atoms. The average molecular weight is 355 g/mol. The Morgan fingerprint density at radius 3 is 2.54 bits per heavy atom. The first-order chi connectivity index (χ1) is 11.7. The van der Waals surface area contributed by atoms with Crippen molar-refractivity contribution in [2.45, 2.75) is 0 Å². The second-order valence-electron chi connectivity index (χ2n) is 5.09. The molecular formula is C17H11ClN4OS. The minimum Gasteiger partial charge on any atom is -0.296 e. The van der Waals surface area contributed by atoms with Gasteiger partial charge in [-0.1, -0.05) is 53.3 Å². The van der Waals surface area contributed by atoms with Crippen LogP contribution in [0.5, 0.6) is 0 Å². The van der Waals surface area contributed by atoms with Gasteiger partial charge in [-0.3, -0.25) is 10.1 Å². The van der Waals surface area contributed by atoms with E-state index in [1.165, 1.54) is 11.3 Å². The SMILES string of the molecule is O=C(Nc1nn2cc(-c3ccccc3)nc2s1)c1ccc(Cl)cc1. The molecule has 1 N–H and O–H groups in total. The number of hydrogen-bond acceptors (Lipinski definition) is 4. The van der Waals surface area contributed by atoms with Crippen molar-refractivity contribution in [3.05, 3.63) is 71.4 Å². The van der Waals surface area contributed by atoms with Gasteiger partial charge < -0.3 is 0 Å². The van der Waals surface area contributed by atoms with Crippen LogP contribution in [-0.2, 0) is 0 Å². The van der Waals surface area contributed by atoms with Crippen molar-refractivity contribution >= 4 is 38.9 Å². The van der Waals surface area contributed by atoms with E-state index in [1.54, 1.807) is 28.8 Å². The molecule has 1 amide bonds. The van der Waals surface area contributed by atoms with Gasteiger partial charge in [0.1, 0.15) is 0 Å². The molecule has 0 aliphatic rings. The molecule has 0 radical (unpaired) electrons. The lowest BCUT2D eigenvalue weighted by atomic mass is 10.2. The van der Waals surface area contributed by atoms with Crippen LogP contribution in [0.15, 0.2) is 60.8 Å². The molecule has 2 aromatic heterocycles. The predicted molar refractivity (Wildman–Crippen MR) is 95.7 cm³/mol. The molecule has 24 heavy (non-hydrogen) atoms. The van der Waals surface area contributed by atoms with Gasteiger partial charge in [0.05, 0.1) is 11.9 Å². The highest BCUT2D eigenvalue weighted by Crippen LogP contribution is 2.24. The normalized spacial score (nSPS) is 10.9. The highest BCUT2D eigenvalue weighted by atomic mass is 35.5. The lowest BCUT2D eigenvalue weighted by molar-refractivity contribution is 0.102. The first-order valence-corrected chi connectivity index (χ1v) is 8.37. The second kappa shape index (κ2) is 6.07. The van der Waals surface area contributed by atoms with Gasteiger partial charge in [-0.05, 0) is 24.3 Å². The topological polar surface area (TPSA) is 59.3 Å². The summed E-state index contributed by atoms with van der Waals surface area (Å²) in [6.45, 7) is 0. The Morgan fingerprint density at radius 2 is 1.83 bits per heavy atom. The van der Waals surface area contributed by atoms with Crippen LogP contribution < -0.4 is 5.32 Å². The fourth-order valence-electron chi connectivity index (χ4n) is 2.27. The van der Waals surface area contributed by atoms with Crippen LogP contribution in [0.4, 0.5) is 5.13 Å². The van der Waals surface area contributed by atoms with Gasteiger partial charge in [0.2, 0.25) is 10.1 Å². The Bertz CT molecular complexity index is 977. The van der Waals surface area contributed by atoms with E-state index in [9.17, 15) is 4.79 Å². The van der Waals surface area contributed by atoms with Crippen LogP contribution in [0.25, 0.3) is 16.2 Å². The quantitative estimate of drug-likeness (QED) is 0.594. The number of carbonyl (C=O) groups excluding carboxylic acids is 1. The van der Waals surface area contributed by atoms with E-state index in [1.807, 2.05) is 36.5 Å². The molecule has 2 heterocycles. The Labute approximate surface area is 146 Å². The maximum atomic E-state index is 12.2. The van der Waals surface area contributed by atoms with E-state index in [0.717, 1.165) is 16.2 Å². The summed E-state index contributed by atoms with van der Waals surface area (Å²) in [7, 11) is 0. The van der Waals surface area contributed by atoms with Gasteiger partial charge in [-0.25, -0.2) is 9.50 Å². The zero-order valence-corrected chi connectivity index (χ0v) is 13.9. The van der Waals surface area contributed by atoms with Gasteiger partial charge in [-0.15, -0.1) is 5.10 Å². The number of hydrogen-bond donors (Lipinski definition) is 1. The maximum Gasteiger partial charge on any atom is 0.257 e. The summed E-state index contributed by atoms with van der Waals surface area (Å²) in [5, 5.41) is 8.22. The summed E-state index contributed by atoms with van der Waals surface area (Å²) in [4.78, 5) is 17.5. The van der Waals surface area contributed by atoms with Gasteiger partial charge in [-0.2, -0.15) is 0 Å². The zero-order chi connectivity index (χ0) is 16.5. The molecule has 0 atom stereocenters. The Morgan fingerprint density at radius 1 is 1.08 bits per heavy atom. The van der Waals surface area contributed by atoms with E-state index in [4.69, 9.17) is 11.6 Å². The fourth-order valence-corrected chi connectivity index (χ4v) is 3.17. The second-order valence-corrected chi connectivity index (χ2v) is 6.48. The largest absolute Gasteiger partial charge is 0.296 e. The first kappa shape index (κ1) is 14.9. The molecular weight excluding hydrogens is 344 g/mol. The van der Waals surface area contributed by atoms with Gasteiger partial charge in [0.25, 0.3) is 5.91 Å². The third-order valence-corrected chi connectivity index (χ3v) is 4.53. The molecule has 118 valence electrons. The van der Waals surface area contributed by atoms with Crippen LogP contribution in [0.2, 0.25) is 5.02 Å². The standard InChI is InChI=1S/C17H11ClN4OS/c18-13-8-6-12(7-9-13)15(23)20-16-21-22-10-14(19-17(22)24-16)11-4-2-1-3-5-11/h1-10H,(H,20,21,23). The van der Waals surface area contributed by atoms with Gasteiger partial charge >= 0.3 is 0 Å². The Kier molecular flexibility index (Phi) is 3.76. The third-order valence-electron chi connectivity index (χ3n) is 3.44. The summed E-state index contributed by atoms with van der Waals surface area (Å²) >= 11 is 7.15. The number of anilines is 1. The first-order valence-electron chi connectivity index (χ1n) is 7.17. The van der Waals surface area contributed by atoms with Crippen LogP contribution >= 0.6 is 22.9 Å². The number of nitrogens with one attached hydrogen (secondary N) is 1. The molecule has 2 aromatic carbocycles. The zero-order valence-electron chi connectivity index (χ0n) is 12.3. The van der Waals surface area contributed by atoms with E-state index in [2.05, 4.69) is 15.4 Å². The van der Waals surface area contributed by atoms with Gasteiger partial charge in [0, 0.05) is 16.1 Å². The molecule has 0 aliphatic carbocycles. The summed E-state index contributed by atoms with van der Waals surface area (Å²) < 4.78 is 1.67. The highest BCUT2D eigenvalue weighted by Gasteiger charge is 2.12. The van der Waals surface area contributed by atoms with Crippen LogP contribution in [-0.4, -0.2) is 20.5 Å². The number of halogens is 1. The number of nitrogens with zero attached hydrogens (tertiary/aromatic N) is 3. The number of carbonyl (C=O) groups is 1. The number of aromatic nitrogens is 3. The van der Waals surface area contributed by atoms with Crippen molar-refractivity contribution in [1.29, 1.82) is 0 Å². The Balaban J connectivity index is 1.56. The average Bonchev–Trinajstić information content (AvgIpc) is 3.14. The van der Waals surface area contributed by atoms with Gasteiger partial charge in [0.15, 0.2) is 0 Å². The molecule has 0 saturated carbocycles. The predicted octanol–water partition coefficient (Wildman–Crippen LogP) is 4.36. The molecule has 5 nitrogen and oxygen atoms in total. The smallest absolute Gasteiger partial charge is 0.257 e. The summed E-state index contributed by atoms with van der Waals surface area (Å²) in [6, 6.07) is 16.6. The van der Waals surface area contributed by atoms with Crippen molar-refractivity contribution in [3.63, 3.8) is 0 Å². The lowest BCUT2D eigenvalue weighted by Crippen LogP contribution is -2.11. The minimum absolute atomic E-state index is 0.230. The summed E-state index contributed by atoms with van der Waals surface area (Å²) in [5.74, 6) is -0.230. The molecule has 0 fully saturated rings. The number of benzene rings is 2. The van der Waals surface area contributed by atoms with Crippen LogP contribution in [0, 0.1) is 0 Å². The third kappa shape index (κ3) is 2.89.